The van der Waals surface area contributed by atoms with Gasteiger partial charge in [-0.2, -0.15) is 5.26 Å². The van der Waals surface area contributed by atoms with Crippen molar-refractivity contribution in [2.45, 2.75) is 78.9 Å². The quantitative estimate of drug-likeness (QED) is 0.176. The van der Waals surface area contributed by atoms with E-state index in [2.05, 4.69) is 21.1 Å². The number of benzene rings is 1. The molecule has 0 saturated carbocycles. The molecule has 0 spiro atoms. The predicted molar refractivity (Wildman–Crippen MR) is 158 cm³/mol. The summed E-state index contributed by atoms with van der Waals surface area (Å²) >= 11 is 0. The highest BCUT2D eigenvalue weighted by molar-refractivity contribution is 5.99. The fourth-order valence-corrected chi connectivity index (χ4v) is 4.00. The standard InChI is InChI=1S/C31H42N6O5/c1-20(2)16-24(18-32)29(40)37(7)15-9-8-10-25(27(38)33-19-23-13-11-21(3)12-14-23)34-30(41)31(5,6)35-28(39)26-17-22(4)42-36-26/h11-14,16-17,20,25H,8-10,15,19H2,1-7H3,(H,33,38)(H,34,41)(H,35,39). The van der Waals surface area contributed by atoms with Gasteiger partial charge in [0.05, 0.1) is 0 Å². The maximum atomic E-state index is 13.3. The first-order chi connectivity index (χ1) is 19.7. The number of nitrogens with zero attached hydrogens (tertiary/aromatic N) is 3. The highest BCUT2D eigenvalue weighted by Crippen LogP contribution is 2.12. The fraction of sp³-hybridized carbons (Fsp3) is 0.484. The highest BCUT2D eigenvalue weighted by atomic mass is 16.5. The van der Waals surface area contributed by atoms with Gasteiger partial charge in [-0.25, -0.2) is 0 Å². The Hall–Kier alpha value is -4.46. The Morgan fingerprint density at radius 2 is 1.79 bits per heavy atom. The molecule has 226 valence electrons. The number of hydrogen-bond acceptors (Lipinski definition) is 7. The molecule has 42 heavy (non-hydrogen) atoms. The van der Waals surface area contributed by atoms with Crippen molar-refractivity contribution in [3.63, 3.8) is 0 Å². The van der Waals surface area contributed by atoms with Gasteiger partial charge in [0.15, 0.2) is 5.69 Å². The van der Waals surface area contributed by atoms with Crippen LogP contribution in [0.4, 0.5) is 0 Å². The molecule has 0 bridgehead atoms. The molecule has 1 aromatic heterocycles. The number of rotatable bonds is 14. The highest BCUT2D eigenvalue weighted by Gasteiger charge is 2.33. The van der Waals surface area contributed by atoms with Gasteiger partial charge in [-0.05, 0) is 58.4 Å². The van der Waals surface area contributed by atoms with Gasteiger partial charge < -0.3 is 25.4 Å². The maximum Gasteiger partial charge on any atom is 0.274 e. The molecule has 1 atom stereocenters. The zero-order valence-corrected chi connectivity index (χ0v) is 25.5. The number of hydrogen-bond donors (Lipinski definition) is 3. The SMILES string of the molecule is Cc1ccc(CNC(=O)C(CCCCN(C)C(=O)C(C#N)=CC(C)C)NC(=O)C(C)(C)NC(=O)c2cc(C)on2)cc1. The van der Waals surface area contributed by atoms with E-state index in [0.29, 0.717) is 31.6 Å². The molecule has 1 aromatic carbocycles. The number of nitrogens with one attached hydrogen (secondary N) is 3. The van der Waals surface area contributed by atoms with Crippen LogP contribution in [0.25, 0.3) is 0 Å². The first-order valence-electron chi connectivity index (χ1n) is 14.0. The minimum atomic E-state index is -1.36. The molecular formula is C31H42N6O5. The van der Waals surface area contributed by atoms with Gasteiger partial charge in [0.1, 0.15) is 29.0 Å². The third-order valence-corrected chi connectivity index (χ3v) is 6.50. The summed E-state index contributed by atoms with van der Waals surface area (Å²) in [5.74, 6) is -1.32. The summed E-state index contributed by atoms with van der Waals surface area (Å²) in [5.41, 5.74) is 0.797. The van der Waals surface area contributed by atoms with E-state index in [9.17, 15) is 24.4 Å². The molecule has 0 radical (unpaired) electrons. The molecule has 2 rings (SSSR count). The molecule has 4 amide bonds. The number of carbonyl (C=O) groups excluding carboxylic acids is 4. The van der Waals surface area contributed by atoms with Gasteiger partial charge in [-0.1, -0.05) is 54.9 Å². The lowest BCUT2D eigenvalue weighted by molar-refractivity contribution is -0.132. The van der Waals surface area contributed by atoms with Crippen molar-refractivity contribution in [3.8, 4) is 6.07 Å². The van der Waals surface area contributed by atoms with Crippen LogP contribution in [-0.4, -0.2) is 58.9 Å². The van der Waals surface area contributed by atoms with Crippen molar-refractivity contribution in [2.24, 2.45) is 5.92 Å². The number of aromatic nitrogens is 1. The summed E-state index contributed by atoms with van der Waals surface area (Å²) in [6.07, 6.45) is 2.99. The van der Waals surface area contributed by atoms with E-state index in [1.807, 2.05) is 51.1 Å². The molecule has 0 aliphatic rings. The van der Waals surface area contributed by atoms with Crippen LogP contribution < -0.4 is 16.0 Å². The van der Waals surface area contributed by atoms with Crippen LogP contribution in [0.15, 0.2) is 46.5 Å². The third kappa shape index (κ3) is 10.5. The van der Waals surface area contributed by atoms with Crippen molar-refractivity contribution in [1.29, 1.82) is 5.26 Å². The van der Waals surface area contributed by atoms with Crippen LogP contribution in [0.2, 0.25) is 0 Å². The molecule has 0 aliphatic carbocycles. The van der Waals surface area contributed by atoms with Crippen LogP contribution in [0.1, 0.15) is 74.3 Å². The molecule has 1 heterocycles. The van der Waals surface area contributed by atoms with E-state index in [4.69, 9.17) is 4.52 Å². The predicted octanol–water partition coefficient (Wildman–Crippen LogP) is 3.34. The van der Waals surface area contributed by atoms with E-state index in [-0.39, 0.29) is 35.5 Å². The van der Waals surface area contributed by atoms with Gasteiger partial charge in [-0.15, -0.1) is 0 Å². The Bertz CT molecular complexity index is 1320. The smallest absolute Gasteiger partial charge is 0.274 e. The number of amides is 4. The molecule has 11 nitrogen and oxygen atoms in total. The number of likely N-dealkylation sites (N-methyl/N-ethyl adjacent to an activating group) is 1. The number of carbonyl (C=O) groups is 4. The van der Waals surface area contributed by atoms with Gasteiger partial charge in [0.2, 0.25) is 11.8 Å². The summed E-state index contributed by atoms with van der Waals surface area (Å²) in [5, 5.41) is 21.3. The number of allylic oxidation sites excluding steroid dienone is 1. The van der Waals surface area contributed by atoms with E-state index < -0.39 is 23.4 Å². The summed E-state index contributed by atoms with van der Waals surface area (Å²) in [7, 11) is 1.63. The lowest BCUT2D eigenvalue weighted by Crippen LogP contribution is -2.59. The second-order valence-electron chi connectivity index (χ2n) is 11.3. The molecule has 0 saturated heterocycles. The molecule has 11 heteroatoms. The van der Waals surface area contributed by atoms with Crippen LogP contribution in [0.3, 0.4) is 0 Å². The summed E-state index contributed by atoms with van der Waals surface area (Å²) in [6.45, 7) is 11.1. The van der Waals surface area contributed by atoms with Crippen molar-refractivity contribution in [2.75, 3.05) is 13.6 Å². The molecule has 0 aliphatic heterocycles. The average molecular weight is 579 g/mol. The van der Waals surface area contributed by atoms with Gasteiger partial charge in [-0.3, -0.25) is 19.2 Å². The van der Waals surface area contributed by atoms with E-state index in [0.717, 1.165) is 11.1 Å². The Morgan fingerprint density at radius 3 is 2.36 bits per heavy atom. The van der Waals surface area contributed by atoms with Crippen LogP contribution in [0.5, 0.6) is 0 Å². The Kier molecular flexibility index (Phi) is 12.5. The van der Waals surface area contributed by atoms with Crippen LogP contribution in [0, 0.1) is 31.1 Å². The largest absolute Gasteiger partial charge is 0.361 e. The summed E-state index contributed by atoms with van der Waals surface area (Å²) in [4.78, 5) is 53.1. The minimum Gasteiger partial charge on any atom is -0.361 e. The van der Waals surface area contributed by atoms with Crippen LogP contribution >= 0.6 is 0 Å². The molecule has 0 fully saturated rings. The van der Waals surface area contributed by atoms with Gasteiger partial charge in [0, 0.05) is 26.2 Å². The summed E-state index contributed by atoms with van der Waals surface area (Å²) < 4.78 is 4.94. The van der Waals surface area contributed by atoms with Crippen molar-refractivity contribution in [1.82, 2.24) is 26.0 Å². The zero-order chi connectivity index (χ0) is 31.4. The first kappa shape index (κ1) is 33.7. The van der Waals surface area contributed by atoms with Crippen LogP contribution in [-0.2, 0) is 20.9 Å². The monoisotopic (exact) mass is 578 g/mol. The lowest BCUT2D eigenvalue weighted by Gasteiger charge is -2.28. The maximum absolute atomic E-state index is 13.3. The first-order valence-corrected chi connectivity index (χ1v) is 14.0. The minimum absolute atomic E-state index is 0.0437. The number of nitriles is 1. The zero-order valence-electron chi connectivity index (χ0n) is 25.5. The summed E-state index contributed by atoms with van der Waals surface area (Å²) in [6, 6.07) is 10.3. The van der Waals surface area contributed by atoms with Crippen molar-refractivity contribution < 1.29 is 23.7 Å². The third-order valence-electron chi connectivity index (χ3n) is 6.50. The van der Waals surface area contributed by atoms with Crippen molar-refractivity contribution in [3.05, 3.63) is 64.6 Å². The second kappa shape index (κ2) is 15.5. The topological polar surface area (TPSA) is 157 Å². The number of aryl methyl sites for hydroxylation is 2. The van der Waals surface area contributed by atoms with Crippen molar-refractivity contribution >= 4 is 23.6 Å². The molecule has 1 unspecified atom stereocenters. The second-order valence-corrected chi connectivity index (χ2v) is 11.3. The average Bonchev–Trinajstić information content (AvgIpc) is 3.38. The molecule has 3 N–H and O–H groups in total. The van der Waals surface area contributed by atoms with E-state index in [1.54, 1.807) is 20.0 Å². The Balaban J connectivity index is 2.06. The Morgan fingerprint density at radius 1 is 1.12 bits per heavy atom. The fourth-order valence-electron chi connectivity index (χ4n) is 4.00. The normalized spacial score (nSPS) is 12.3. The molecule has 2 aromatic rings. The van der Waals surface area contributed by atoms with Gasteiger partial charge in [0.25, 0.3) is 11.8 Å². The Labute approximate surface area is 247 Å². The number of unbranched alkanes of at least 4 members (excludes halogenated alkanes) is 1. The van der Waals surface area contributed by atoms with E-state index >= 15 is 0 Å². The molecular weight excluding hydrogens is 536 g/mol. The van der Waals surface area contributed by atoms with Gasteiger partial charge >= 0.3 is 0 Å². The van der Waals surface area contributed by atoms with E-state index in [1.165, 1.54) is 24.8 Å². The lowest BCUT2D eigenvalue weighted by atomic mass is 10.0.